The summed E-state index contributed by atoms with van der Waals surface area (Å²) in [4.78, 5) is 12.7. The van der Waals surface area contributed by atoms with Gasteiger partial charge in [-0.15, -0.1) is 0 Å². The van der Waals surface area contributed by atoms with Crippen molar-refractivity contribution in [2.24, 2.45) is 0 Å². The first-order chi connectivity index (χ1) is 11.7. The van der Waals surface area contributed by atoms with Gasteiger partial charge in [-0.05, 0) is 24.1 Å². The van der Waals surface area contributed by atoms with Gasteiger partial charge in [0, 0.05) is 23.1 Å². The first-order valence-electron chi connectivity index (χ1n) is 7.95. The minimum atomic E-state index is -2.87. The van der Waals surface area contributed by atoms with Crippen molar-refractivity contribution in [2.45, 2.75) is 52.2 Å². The number of aromatic amines is 1. The molecule has 0 saturated carbocycles. The molecular formula is C18H21F2N3O2. The number of halogens is 2. The van der Waals surface area contributed by atoms with Crippen LogP contribution in [0.25, 0.3) is 0 Å². The predicted molar refractivity (Wildman–Crippen MR) is 89.9 cm³/mol. The van der Waals surface area contributed by atoms with E-state index in [-0.39, 0.29) is 29.7 Å². The van der Waals surface area contributed by atoms with Gasteiger partial charge in [0.2, 0.25) is 0 Å². The van der Waals surface area contributed by atoms with Gasteiger partial charge < -0.3 is 4.74 Å². The van der Waals surface area contributed by atoms with Gasteiger partial charge in [-0.1, -0.05) is 32.9 Å². The zero-order valence-corrected chi connectivity index (χ0v) is 14.5. The number of H-pyrrole nitrogens is 1. The third-order valence-corrected chi connectivity index (χ3v) is 3.78. The van der Waals surface area contributed by atoms with E-state index in [1.807, 2.05) is 20.8 Å². The smallest absolute Gasteiger partial charge is 0.387 e. The Balaban J connectivity index is 2.29. The van der Waals surface area contributed by atoms with Crippen LogP contribution in [0, 0.1) is 11.3 Å². The molecule has 5 nitrogen and oxygen atoms in total. The highest BCUT2D eigenvalue weighted by Crippen LogP contribution is 2.23. The second kappa shape index (κ2) is 7.51. The molecule has 134 valence electrons. The molecule has 1 N–H and O–H groups in total. The minimum Gasteiger partial charge on any atom is -0.435 e. The quantitative estimate of drug-likeness (QED) is 0.866. The molecule has 0 bridgehead atoms. The Morgan fingerprint density at radius 1 is 1.28 bits per heavy atom. The number of nitrogens with one attached hydrogen (secondary N) is 1. The number of ether oxygens (including phenoxy) is 1. The van der Waals surface area contributed by atoms with Crippen LogP contribution in [0.3, 0.4) is 0 Å². The van der Waals surface area contributed by atoms with E-state index in [9.17, 15) is 13.6 Å². The second-order valence-electron chi connectivity index (χ2n) is 6.79. The van der Waals surface area contributed by atoms with Gasteiger partial charge in [0.15, 0.2) is 0 Å². The summed E-state index contributed by atoms with van der Waals surface area (Å²) in [5.41, 5.74) is 1.78. The van der Waals surface area contributed by atoms with E-state index >= 15 is 0 Å². The standard InChI is InChI=1S/C18H21F2N3O2/c1-18(2,3)15-14(5-4-10-21)16(24)23(22-15)11-12-6-8-13(9-7-12)25-17(19)20/h6-9,17,22H,4-5,11H2,1-3H3. The van der Waals surface area contributed by atoms with Crippen molar-refractivity contribution in [1.29, 1.82) is 5.26 Å². The molecule has 0 spiro atoms. The van der Waals surface area contributed by atoms with Gasteiger partial charge in [0.05, 0.1) is 12.6 Å². The third kappa shape index (κ3) is 4.69. The fourth-order valence-corrected chi connectivity index (χ4v) is 2.63. The van der Waals surface area contributed by atoms with E-state index in [4.69, 9.17) is 5.26 Å². The summed E-state index contributed by atoms with van der Waals surface area (Å²) in [6.07, 6.45) is 0.669. The van der Waals surface area contributed by atoms with Gasteiger partial charge in [0.1, 0.15) is 5.75 Å². The van der Waals surface area contributed by atoms with Crippen molar-refractivity contribution in [1.82, 2.24) is 9.78 Å². The number of hydrogen-bond donors (Lipinski definition) is 1. The minimum absolute atomic E-state index is 0.0719. The lowest BCUT2D eigenvalue weighted by Crippen LogP contribution is -2.20. The first kappa shape index (κ1) is 18.7. The van der Waals surface area contributed by atoms with Crippen LogP contribution >= 0.6 is 0 Å². The van der Waals surface area contributed by atoms with Gasteiger partial charge >= 0.3 is 6.61 Å². The van der Waals surface area contributed by atoms with Crippen LogP contribution in [-0.4, -0.2) is 16.4 Å². The molecule has 0 radical (unpaired) electrons. The molecule has 7 heteroatoms. The predicted octanol–water partition coefficient (Wildman–Crippen LogP) is 3.58. The molecule has 25 heavy (non-hydrogen) atoms. The number of nitriles is 1. The molecular weight excluding hydrogens is 328 g/mol. The molecule has 1 heterocycles. The number of rotatable bonds is 6. The van der Waals surface area contributed by atoms with Gasteiger partial charge in [-0.2, -0.15) is 14.0 Å². The SMILES string of the molecule is CC(C)(C)c1[nH]n(Cc2ccc(OC(F)F)cc2)c(=O)c1CCC#N. The lowest BCUT2D eigenvalue weighted by atomic mass is 9.88. The number of aromatic nitrogens is 2. The van der Waals surface area contributed by atoms with E-state index in [2.05, 4.69) is 15.9 Å². The van der Waals surface area contributed by atoms with Crippen molar-refractivity contribution in [3.05, 3.63) is 51.4 Å². The molecule has 0 saturated heterocycles. The van der Waals surface area contributed by atoms with Crippen molar-refractivity contribution >= 4 is 0 Å². The molecule has 0 fully saturated rings. The maximum Gasteiger partial charge on any atom is 0.387 e. The lowest BCUT2D eigenvalue weighted by molar-refractivity contribution is -0.0498. The maximum absolute atomic E-state index is 12.7. The lowest BCUT2D eigenvalue weighted by Gasteiger charge is -2.18. The molecule has 0 amide bonds. The molecule has 0 unspecified atom stereocenters. The van der Waals surface area contributed by atoms with E-state index in [0.717, 1.165) is 11.3 Å². The van der Waals surface area contributed by atoms with Gasteiger partial charge in [-0.3, -0.25) is 9.89 Å². The second-order valence-corrected chi connectivity index (χ2v) is 6.79. The molecule has 2 aromatic rings. The molecule has 0 atom stereocenters. The molecule has 1 aromatic heterocycles. The first-order valence-corrected chi connectivity index (χ1v) is 7.95. The Labute approximate surface area is 144 Å². The van der Waals surface area contributed by atoms with Crippen molar-refractivity contribution in [3.63, 3.8) is 0 Å². The zero-order valence-electron chi connectivity index (χ0n) is 14.5. The Morgan fingerprint density at radius 2 is 1.92 bits per heavy atom. The average Bonchev–Trinajstić information content (AvgIpc) is 2.83. The number of nitrogens with zero attached hydrogens (tertiary/aromatic N) is 2. The summed E-state index contributed by atoms with van der Waals surface area (Å²) in [6.45, 7) is 3.40. The topological polar surface area (TPSA) is 70.8 Å². The summed E-state index contributed by atoms with van der Waals surface area (Å²) >= 11 is 0. The Kier molecular flexibility index (Phi) is 5.62. The fraction of sp³-hybridized carbons (Fsp3) is 0.444. The van der Waals surface area contributed by atoms with Crippen LogP contribution in [0.5, 0.6) is 5.75 Å². The summed E-state index contributed by atoms with van der Waals surface area (Å²) in [7, 11) is 0. The van der Waals surface area contributed by atoms with Crippen LogP contribution in [0.1, 0.15) is 44.0 Å². The molecule has 1 aromatic carbocycles. The summed E-state index contributed by atoms with van der Waals surface area (Å²) in [5, 5.41) is 11.9. The van der Waals surface area contributed by atoms with Crippen molar-refractivity contribution < 1.29 is 13.5 Å². The van der Waals surface area contributed by atoms with E-state index in [0.29, 0.717) is 12.0 Å². The molecule has 0 aliphatic rings. The highest BCUT2D eigenvalue weighted by atomic mass is 19.3. The molecule has 0 aliphatic heterocycles. The van der Waals surface area contributed by atoms with Crippen LogP contribution in [-0.2, 0) is 18.4 Å². The third-order valence-electron chi connectivity index (χ3n) is 3.78. The Bertz CT molecular complexity index is 809. The highest BCUT2D eigenvalue weighted by molar-refractivity contribution is 5.29. The summed E-state index contributed by atoms with van der Waals surface area (Å²) in [6, 6.07) is 8.22. The van der Waals surface area contributed by atoms with Gasteiger partial charge in [-0.25, -0.2) is 4.68 Å². The van der Waals surface area contributed by atoms with Gasteiger partial charge in [0.25, 0.3) is 5.56 Å². The maximum atomic E-state index is 12.7. The van der Waals surface area contributed by atoms with E-state index < -0.39 is 6.61 Å². The zero-order chi connectivity index (χ0) is 18.6. The highest BCUT2D eigenvalue weighted by Gasteiger charge is 2.24. The summed E-state index contributed by atoms with van der Waals surface area (Å²) in [5.74, 6) is 0.0719. The van der Waals surface area contributed by atoms with Crippen molar-refractivity contribution in [2.75, 3.05) is 0 Å². The normalized spacial score (nSPS) is 11.6. The summed E-state index contributed by atoms with van der Waals surface area (Å²) < 4.78 is 30.2. The number of hydrogen-bond acceptors (Lipinski definition) is 3. The molecule has 2 rings (SSSR count). The van der Waals surface area contributed by atoms with E-state index in [1.165, 1.54) is 16.8 Å². The van der Waals surface area contributed by atoms with Crippen LogP contribution < -0.4 is 10.3 Å². The van der Waals surface area contributed by atoms with Crippen molar-refractivity contribution in [3.8, 4) is 11.8 Å². The molecule has 0 aliphatic carbocycles. The van der Waals surface area contributed by atoms with Crippen LogP contribution in [0.4, 0.5) is 8.78 Å². The largest absolute Gasteiger partial charge is 0.435 e. The monoisotopic (exact) mass is 349 g/mol. The number of benzene rings is 1. The number of alkyl halides is 2. The van der Waals surface area contributed by atoms with Crippen LogP contribution in [0.15, 0.2) is 29.1 Å². The average molecular weight is 349 g/mol. The fourth-order valence-electron chi connectivity index (χ4n) is 2.63. The Morgan fingerprint density at radius 3 is 2.44 bits per heavy atom. The Hall–Kier alpha value is -2.62. The van der Waals surface area contributed by atoms with Crippen LogP contribution in [0.2, 0.25) is 0 Å². The van der Waals surface area contributed by atoms with E-state index in [1.54, 1.807) is 12.1 Å².